The second-order valence-corrected chi connectivity index (χ2v) is 5.93. The average molecular weight is 292 g/mol. The summed E-state index contributed by atoms with van der Waals surface area (Å²) < 4.78 is 0. The minimum atomic E-state index is -1.04. The molecule has 1 atom stereocenters. The van der Waals surface area contributed by atoms with Crippen LogP contribution in [0.4, 0.5) is 4.79 Å². The van der Waals surface area contributed by atoms with Gasteiger partial charge in [0.2, 0.25) is 0 Å². The number of hydrogen-bond acceptors (Lipinski definition) is 4. The summed E-state index contributed by atoms with van der Waals surface area (Å²) >= 11 is 1.53. The van der Waals surface area contributed by atoms with Crippen molar-refractivity contribution in [3.05, 3.63) is 0 Å². The van der Waals surface area contributed by atoms with Crippen LogP contribution in [0.15, 0.2) is 0 Å². The van der Waals surface area contributed by atoms with Crippen molar-refractivity contribution < 1.29 is 19.8 Å². The van der Waals surface area contributed by atoms with Gasteiger partial charge < -0.3 is 20.4 Å². The highest BCUT2D eigenvalue weighted by molar-refractivity contribution is 7.98. The molecule has 0 radical (unpaired) electrons. The molecule has 19 heavy (non-hydrogen) atoms. The zero-order chi connectivity index (χ0) is 15.1. The quantitative estimate of drug-likeness (QED) is 0.621. The van der Waals surface area contributed by atoms with Gasteiger partial charge in [0, 0.05) is 6.54 Å². The molecule has 0 heterocycles. The summed E-state index contributed by atoms with van der Waals surface area (Å²) in [7, 11) is 0. The number of carbonyl (C=O) groups is 2. The number of aliphatic hydroxyl groups is 1. The number of nitrogens with one attached hydrogen (secondary N) is 1. The van der Waals surface area contributed by atoms with E-state index < -0.39 is 23.6 Å². The Labute approximate surface area is 118 Å². The number of carboxylic acids is 1. The van der Waals surface area contributed by atoms with E-state index in [2.05, 4.69) is 5.32 Å². The highest BCUT2D eigenvalue weighted by Crippen LogP contribution is 2.06. The van der Waals surface area contributed by atoms with Crippen molar-refractivity contribution >= 4 is 23.8 Å². The number of urea groups is 1. The average Bonchev–Trinajstić information content (AvgIpc) is 2.29. The maximum Gasteiger partial charge on any atom is 0.326 e. The van der Waals surface area contributed by atoms with Crippen LogP contribution in [0, 0.1) is 0 Å². The first-order valence-corrected chi connectivity index (χ1v) is 7.60. The number of carboxylic acid groups (broad SMARTS) is 1. The van der Waals surface area contributed by atoms with Gasteiger partial charge in [-0.15, -0.1) is 0 Å². The Hall–Kier alpha value is -0.950. The molecule has 0 bridgehead atoms. The molecule has 0 aromatic carbocycles. The fourth-order valence-corrected chi connectivity index (χ4v) is 2.00. The molecule has 0 aliphatic rings. The summed E-state index contributed by atoms with van der Waals surface area (Å²) in [5.74, 6) is -0.379. The van der Waals surface area contributed by atoms with E-state index >= 15 is 0 Å². The zero-order valence-corrected chi connectivity index (χ0v) is 12.8. The molecule has 7 heteroatoms. The minimum absolute atomic E-state index is 0.157. The molecular formula is C12H24N2O4S. The fourth-order valence-electron chi connectivity index (χ4n) is 1.53. The number of carbonyl (C=O) groups excluding carboxylic acids is 1. The van der Waals surface area contributed by atoms with Crippen molar-refractivity contribution in [1.82, 2.24) is 10.2 Å². The van der Waals surface area contributed by atoms with Crippen molar-refractivity contribution in [1.29, 1.82) is 0 Å². The van der Waals surface area contributed by atoms with E-state index in [1.54, 1.807) is 20.8 Å². The second kappa shape index (κ2) is 8.27. The number of likely N-dealkylation sites (N-methyl/N-ethyl adjacent to an activating group) is 1. The molecule has 0 aliphatic carbocycles. The topological polar surface area (TPSA) is 89.9 Å². The van der Waals surface area contributed by atoms with E-state index in [9.17, 15) is 14.7 Å². The molecule has 0 aromatic heterocycles. The van der Waals surface area contributed by atoms with Crippen LogP contribution in [0.5, 0.6) is 0 Å². The van der Waals surface area contributed by atoms with Crippen LogP contribution in [0.3, 0.4) is 0 Å². The SMILES string of the molecule is CCN(CC(C)(C)O)C(=O)NC(CCSC)C(=O)O. The third-order valence-electron chi connectivity index (χ3n) is 2.45. The number of thioether (sulfide) groups is 1. The molecule has 0 fully saturated rings. The van der Waals surface area contributed by atoms with Crippen LogP contribution in [-0.4, -0.2) is 63.9 Å². The van der Waals surface area contributed by atoms with Gasteiger partial charge in [-0.2, -0.15) is 11.8 Å². The summed E-state index contributed by atoms with van der Waals surface area (Å²) in [6.07, 6.45) is 2.26. The zero-order valence-electron chi connectivity index (χ0n) is 12.0. The fraction of sp³-hybridized carbons (Fsp3) is 0.833. The molecule has 0 rings (SSSR count). The minimum Gasteiger partial charge on any atom is -0.480 e. The van der Waals surface area contributed by atoms with E-state index in [0.29, 0.717) is 18.7 Å². The van der Waals surface area contributed by atoms with Crippen molar-refractivity contribution in [2.45, 2.75) is 38.8 Å². The number of amides is 2. The molecule has 0 aromatic rings. The molecule has 0 aliphatic heterocycles. The van der Waals surface area contributed by atoms with E-state index in [4.69, 9.17) is 5.11 Å². The van der Waals surface area contributed by atoms with Crippen LogP contribution < -0.4 is 5.32 Å². The summed E-state index contributed by atoms with van der Waals surface area (Å²) in [6, 6.07) is -1.35. The third-order valence-corrected chi connectivity index (χ3v) is 3.10. The standard InChI is InChI=1S/C12H24N2O4S/c1-5-14(8-12(2,3)18)11(17)13-9(10(15)16)6-7-19-4/h9,18H,5-8H2,1-4H3,(H,13,17)(H,15,16). The summed E-state index contributed by atoms with van der Waals surface area (Å²) in [5, 5.41) is 21.2. The Kier molecular flexibility index (Phi) is 7.85. The highest BCUT2D eigenvalue weighted by atomic mass is 32.2. The van der Waals surface area contributed by atoms with Crippen molar-refractivity contribution in [3.63, 3.8) is 0 Å². The first kappa shape index (κ1) is 18.0. The van der Waals surface area contributed by atoms with Gasteiger partial charge in [0.25, 0.3) is 0 Å². The molecule has 112 valence electrons. The molecule has 1 unspecified atom stereocenters. The lowest BCUT2D eigenvalue weighted by atomic mass is 10.1. The molecule has 3 N–H and O–H groups in total. The van der Waals surface area contributed by atoms with E-state index in [0.717, 1.165) is 0 Å². The number of rotatable bonds is 8. The Morgan fingerprint density at radius 1 is 1.42 bits per heavy atom. The largest absolute Gasteiger partial charge is 0.480 e. The number of nitrogens with zero attached hydrogens (tertiary/aromatic N) is 1. The maximum atomic E-state index is 12.0. The first-order valence-electron chi connectivity index (χ1n) is 6.20. The van der Waals surface area contributed by atoms with Gasteiger partial charge in [-0.05, 0) is 39.2 Å². The van der Waals surface area contributed by atoms with Gasteiger partial charge in [0.15, 0.2) is 0 Å². The monoisotopic (exact) mass is 292 g/mol. The van der Waals surface area contributed by atoms with Gasteiger partial charge >= 0.3 is 12.0 Å². The van der Waals surface area contributed by atoms with E-state index in [1.807, 2.05) is 6.26 Å². The van der Waals surface area contributed by atoms with Crippen LogP contribution in [-0.2, 0) is 4.79 Å². The Morgan fingerprint density at radius 3 is 2.37 bits per heavy atom. The summed E-state index contributed by atoms with van der Waals surface area (Å²) in [4.78, 5) is 24.4. The number of hydrogen-bond donors (Lipinski definition) is 3. The van der Waals surface area contributed by atoms with Gasteiger partial charge in [-0.25, -0.2) is 9.59 Å². The summed E-state index contributed by atoms with van der Waals surface area (Å²) in [5.41, 5.74) is -1.01. The highest BCUT2D eigenvalue weighted by Gasteiger charge is 2.25. The van der Waals surface area contributed by atoms with Crippen molar-refractivity contribution in [2.24, 2.45) is 0 Å². The Bertz CT molecular complexity index is 305. The smallest absolute Gasteiger partial charge is 0.326 e. The van der Waals surface area contributed by atoms with E-state index in [1.165, 1.54) is 16.7 Å². The van der Waals surface area contributed by atoms with Crippen LogP contribution in [0.2, 0.25) is 0 Å². The Balaban J connectivity index is 4.55. The molecule has 0 saturated carbocycles. The third kappa shape index (κ3) is 7.94. The molecule has 0 spiro atoms. The molecule has 2 amide bonds. The van der Waals surface area contributed by atoms with Gasteiger partial charge in [0.05, 0.1) is 12.1 Å². The van der Waals surface area contributed by atoms with Crippen LogP contribution in [0.1, 0.15) is 27.2 Å². The lowest BCUT2D eigenvalue weighted by molar-refractivity contribution is -0.139. The second-order valence-electron chi connectivity index (χ2n) is 4.95. The predicted molar refractivity (Wildman–Crippen MR) is 76.5 cm³/mol. The van der Waals surface area contributed by atoms with Crippen LogP contribution in [0.25, 0.3) is 0 Å². The first-order chi connectivity index (χ1) is 8.71. The lowest BCUT2D eigenvalue weighted by Crippen LogP contribution is -2.51. The molecule has 0 saturated heterocycles. The maximum absolute atomic E-state index is 12.0. The number of aliphatic carboxylic acids is 1. The molecule has 6 nitrogen and oxygen atoms in total. The normalized spacial score (nSPS) is 12.9. The van der Waals surface area contributed by atoms with Crippen molar-refractivity contribution in [3.8, 4) is 0 Å². The van der Waals surface area contributed by atoms with Gasteiger partial charge in [0.1, 0.15) is 6.04 Å². The Morgan fingerprint density at radius 2 is 2.00 bits per heavy atom. The summed E-state index contributed by atoms with van der Waals surface area (Å²) in [6.45, 7) is 5.55. The predicted octanol–water partition coefficient (Wildman–Crippen LogP) is 0.995. The van der Waals surface area contributed by atoms with Gasteiger partial charge in [-0.1, -0.05) is 0 Å². The van der Waals surface area contributed by atoms with Crippen molar-refractivity contribution in [2.75, 3.05) is 25.1 Å². The molecular weight excluding hydrogens is 268 g/mol. The van der Waals surface area contributed by atoms with Gasteiger partial charge in [-0.3, -0.25) is 0 Å². The lowest BCUT2D eigenvalue weighted by Gasteiger charge is -2.29. The van der Waals surface area contributed by atoms with Crippen LogP contribution >= 0.6 is 11.8 Å². The van der Waals surface area contributed by atoms with E-state index in [-0.39, 0.29) is 6.54 Å².